The first-order valence-corrected chi connectivity index (χ1v) is 34.4. The highest BCUT2D eigenvalue weighted by atomic mass is 35.7. The molecule has 0 aliphatic rings. The van der Waals surface area contributed by atoms with Gasteiger partial charge in [0.25, 0.3) is 40.5 Å². The van der Waals surface area contributed by atoms with E-state index in [0.29, 0.717) is 85.2 Å². The number of aldehydes is 1. The Balaban J connectivity index is -0.000000136. The smallest absolute Gasteiger partial charge is 0.264 e. The van der Waals surface area contributed by atoms with Crippen molar-refractivity contribution in [2.75, 3.05) is 209 Å². The second-order valence-corrected chi connectivity index (χ2v) is 24.1. The monoisotopic (exact) mass is 1320 g/mol. The van der Waals surface area contributed by atoms with Crippen molar-refractivity contribution in [3.63, 3.8) is 0 Å². The molecule has 0 atom stereocenters. The number of rotatable bonds is 47. The van der Waals surface area contributed by atoms with Crippen LogP contribution in [0.15, 0.2) is 38.2 Å². The predicted octanol–water partition coefficient (Wildman–Crippen LogP) is 0.102. The standard InChI is InChI=1S/C12H20N2O4.2C8H18O8S2.C6H15N.C6H14O4.C4H6O.CH3ClO2S.CH4/c1-3-13(11-15)5-7-17-9-10-18-8-6-14(4-2)12-16;2*1-17(9,10)15-7-5-13-3-4-14-6-8-16-18(2,11)12;1-4-7(5-2)6-3;7-1-3-9-5-6-10-4-2-8;1-2-3-4-5;1-5(2,3)4;/h3-4,11-12H,1-2,5-10H2;2*3-8H2,1-2H3;4-6H2,1-3H3;7-8H,1-6H2;2,4H,1,3H2;1H3;1H4. The van der Waals surface area contributed by atoms with Crippen molar-refractivity contribution in [2.45, 2.75) is 34.6 Å². The van der Waals surface area contributed by atoms with Gasteiger partial charge in [-0.2, -0.15) is 33.7 Å². The number of carbonyl (C=O) groups excluding carboxylic acids is 3. The molecule has 2 amide bonds. The Bertz CT molecular complexity index is 1780. The van der Waals surface area contributed by atoms with Gasteiger partial charge < -0.3 is 67.6 Å². The van der Waals surface area contributed by atoms with Crippen LogP contribution in [-0.4, -0.2) is 295 Å². The molecule has 0 rings (SSSR count). The van der Waals surface area contributed by atoms with Crippen molar-refractivity contribution < 1.29 is 121 Å². The van der Waals surface area contributed by atoms with E-state index in [0.717, 1.165) is 37.6 Å². The summed E-state index contributed by atoms with van der Waals surface area (Å²) in [6.07, 6.45) is 11.9. The molecule has 0 radical (unpaired) electrons. The van der Waals surface area contributed by atoms with E-state index in [9.17, 15) is 56.5 Å². The van der Waals surface area contributed by atoms with Gasteiger partial charge in [0.05, 0.1) is 177 Å². The Hall–Kier alpha value is -2.73. The Morgan fingerprint density at radius 1 is 0.402 bits per heavy atom. The summed E-state index contributed by atoms with van der Waals surface area (Å²) in [4.78, 5) is 35.3. The molecule has 0 aromatic rings. The van der Waals surface area contributed by atoms with Crippen molar-refractivity contribution in [3.05, 3.63) is 38.2 Å². The molecule has 0 aliphatic carbocycles. The molecule has 0 aromatic heterocycles. The maximum Gasteiger partial charge on any atom is 0.264 e. The number of hydrogen-bond donors (Lipinski definition) is 2. The first-order valence-electron chi connectivity index (χ1n) is 24.4. The largest absolute Gasteiger partial charge is 0.394 e. The van der Waals surface area contributed by atoms with Crippen LogP contribution in [0.2, 0.25) is 0 Å². The number of amides is 2. The normalized spacial score (nSPS) is 10.9. The van der Waals surface area contributed by atoms with Crippen molar-refractivity contribution in [2.24, 2.45) is 0 Å². The molecule has 82 heavy (non-hydrogen) atoms. The van der Waals surface area contributed by atoms with Crippen LogP contribution >= 0.6 is 10.7 Å². The Kier molecular flexibility index (Phi) is 80.5. The zero-order valence-electron chi connectivity index (χ0n) is 48.2. The molecule has 0 aromatic carbocycles. The average Bonchev–Trinajstić information content (AvgIpc) is 3.37. The van der Waals surface area contributed by atoms with Gasteiger partial charge in [-0.15, -0.1) is 6.58 Å². The van der Waals surface area contributed by atoms with Crippen molar-refractivity contribution in [1.82, 2.24) is 14.7 Å². The molecule has 0 bridgehead atoms. The molecule has 2 N–H and O–H groups in total. The minimum absolute atomic E-state index is 0. The maximum atomic E-state index is 10.6. The minimum atomic E-state index is -3.43. The Labute approximate surface area is 495 Å². The van der Waals surface area contributed by atoms with E-state index in [4.69, 9.17) is 48.1 Å². The summed E-state index contributed by atoms with van der Waals surface area (Å²) in [5.41, 5.74) is 0. The highest BCUT2D eigenvalue weighted by Gasteiger charge is 2.04. The van der Waals surface area contributed by atoms with E-state index in [1.54, 1.807) is 6.08 Å². The SMILES string of the molecule is C.C=CCC=O.C=CN(C=O)CCOCCOCCN(C=C)C=O.CCN(CC)CC.CS(=O)(=O)Cl.CS(=O)(=O)OCCOCCOCCOS(C)(=O)=O.CS(=O)(=O)OCCOCCOCCOS(C)(=O)=O.OCCOCCOCCO. The molecular weight excluding hydrogens is 1220 g/mol. The minimum Gasteiger partial charge on any atom is -0.394 e. The van der Waals surface area contributed by atoms with Gasteiger partial charge in [0.2, 0.25) is 21.9 Å². The predicted molar refractivity (Wildman–Crippen MR) is 312 cm³/mol. The topological polar surface area (TPSA) is 383 Å². The second-order valence-electron chi connectivity index (χ2n) is 14.5. The summed E-state index contributed by atoms with van der Waals surface area (Å²) >= 11 is 0. The van der Waals surface area contributed by atoms with E-state index in [-0.39, 0.29) is 99.9 Å². The lowest BCUT2D eigenvalue weighted by molar-refractivity contribution is -0.117. The summed E-state index contributed by atoms with van der Waals surface area (Å²) in [7, 11) is -12.4. The molecule has 30 nitrogen and oxygen atoms in total. The summed E-state index contributed by atoms with van der Waals surface area (Å²) in [6.45, 7) is 26.2. The number of halogens is 1. The van der Waals surface area contributed by atoms with E-state index in [1.165, 1.54) is 41.8 Å². The number of aliphatic hydroxyl groups excluding tert-OH is 2. The number of allylic oxidation sites excluding steroid dienone is 1. The lowest BCUT2D eigenvalue weighted by atomic mass is 10.5. The molecule has 0 unspecified atom stereocenters. The molecule has 0 spiro atoms. The van der Waals surface area contributed by atoms with Gasteiger partial charge in [0.15, 0.2) is 0 Å². The second kappa shape index (κ2) is 69.0. The van der Waals surface area contributed by atoms with Gasteiger partial charge in [-0.25, -0.2) is 8.42 Å². The van der Waals surface area contributed by atoms with E-state index in [2.05, 4.69) is 72.8 Å². The van der Waals surface area contributed by atoms with Gasteiger partial charge in [0, 0.05) is 30.2 Å². The van der Waals surface area contributed by atoms with Crippen molar-refractivity contribution in [1.29, 1.82) is 0 Å². The zero-order valence-corrected chi connectivity index (χ0v) is 53.1. The van der Waals surface area contributed by atoms with E-state index >= 15 is 0 Å². The zero-order chi connectivity index (χ0) is 63.8. The number of aliphatic hydroxyl groups is 2. The molecule has 496 valence electrons. The summed E-state index contributed by atoms with van der Waals surface area (Å²) in [5, 5.41) is 16.5. The number of carbonyl (C=O) groups is 3. The van der Waals surface area contributed by atoms with Crippen LogP contribution in [0.5, 0.6) is 0 Å². The molecular formula is C46H98ClN3O27S5. The van der Waals surface area contributed by atoms with Gasteiger partial charge in [-0.3, -0.25) is 26.3 Å². The van der Waals surface area contributed by atoms with Crippen LogP contribution in [0.3, 0.4) is 0 Å². The maximum absolute atomic E-state index is 10.6. The van der Waals surface area contributed by atoms with Crippen LogP contribution in [0.1, 0.15) is 34.6 Å². The third-order valence-electron chi connectivity index (χ3n) is 7.39. The third-order valence-corrected chi connectivity index (χ3v) is 9.77. The number of hydrogen-bond acceptors (Lipinski definition) is 28. The van der Waals surface area contributed by atoms with Crippen molar-refractivity contribution in [3.8, 4) is 0 Å². The van der Waals surface area contributed by atoms with E-state index < -0.39 is 49.5 Å². The van der Waals surface area contributed by atoms with Gasteiger partial charge in [-0.1, -0.05) is 47.4 Å². The molecule has 0 aliphatic heterocycles. The van der Waals surface area contributed by atoms with Gasteiger partial charge in [0.1, 0.15) is 6.29 Å². The lowest BCUT2D eigenvalue weighted by Crippen LogP contribution is -2.22. The van der Waals surface area contributed by atoms with Crippen LogP contribution in [0, 0.1) is 0 Å². The fourth-order valence-electron chi connectivity index (χ4n) is 3.85. The summed E-state index contributed by atoms with van der Waals surface area (Å²) in [6, 6.07) is 0. The fraction of sp³-hybridized carbons (Fsp3) is 0.804. The lowest BCUT2D eigenvalue weighted by Gasteiger charge is -2.13. The Morgan fingerprint density at radius 2 is 0.610 bits per heavy atom. The summed E-state index contributed by atoms with van der Waals surface area (Å²) in [5.74, 6) is 0. The summed E-state index contributed by atoms with van der Waals surface area (Å²) < 4.78 is 161. The molecule has 36 heteroatoms. The van der Waals surface area contributed by atoms with Crippen LogP contribution in [0.25, 0.3) is 0 Å². The molecule has 0 saturated heterocycles. The first kappa shape index (κ1) is 95.6. The quantitative estimate of drug-likeness (QED) is 0.0268. The third kappa shape index (κ3) is 120. The molecule has 0 heterocycles. The highest BCUT2D eigenvalue weighted by molar-refractivity contribution is 8.13. The van der Waals surface area contributed by atoms with Crippen molar-refractivity contribution >= 4 is 79.3 Å². The fourth-order valence-corrected chi connectivity index (χ4v) is 5.33. The Morgan fingerprint density at radius 3 is 0.744 bits per heavy atom. The van der Waals surface area contributed by atoms with Crippen LogP contribution < -0.4 is 0 Å². The number of nitrogens with zero attached hydrogens (tertiary/aromatic N) is 3. The number of ether oxygens (including phenoxy) is 8. The van der Waals surface area contributed by atoms with E-state index in [1.807, 2.05) is 0 Å². The first-order chi connectivity index (χ1) is 37.9. The molecule has 0 fully saturated rings. The van der Waals surface area contributed by atoms with Gasteiger partial charge >= 0.3 is 0 Å². The van der Waals surface area contributed by atoms with Crippen LogP contribution in [-0.2, 0) is 119 Å². The van der Waals surface area contributed by atoms with Crippen LogP contribution in [0.4, 0.5) is 0 Å². The van der Waals surface area contributed by atoms with Gasteiger partial charge in [-0.05, 0) is 32.0 Å². The molecule has 0 saturated carbocycles. The highest BCUT2D eigenvalue weighted by Crippen LogP contribution is 1.92. The average molecular weight is 1320 g/mol.